The van der Waals surface area contributed by atoms with Crippen LogP contribution in [0.15, 0.2) is 12.7 Å². The Balaban J connectivity index is 3.23. The summed E-state index contributed by atoms with van der Waals surface area (Å²) in [5.74, 6) is -0.394. The molecule has 2 heteroatoms. The summed E-state index contributed by atoms with van der Waals surface area (Å²) in [6.45, 7) is 3.16. The summed E-state index contributed by atoms with van der Waals surface area (Å²) in [5.41, 5.74) is 0. The first kappa shape index (κ1) is 5.21. The molecule has 0 bridgehead atoms. The molecule has 6 heavy (non-hydrogen) atoms. The van der Waals surface area contributed by atoms with Gasteiger partial charge in [-0.05, 0) is 0 Å². The van der Waals surface area contributed by atoms with Crippen molar-refractivity contribution in [2.45, 2.75) is 0 Å². The zero-order chi connectivity index (χ0) is 4.99. The molecule has 0 aromatic rings. The average molecular weight is 87.1 g/mol. The molecule has 0 amide bonds. The molecule has 0 aliphatic carbocycles. The number of carbonyl (C=O) groups excluding carboxylic acids is 1. The lowest BCUT2D eigenvalue weighted by Crippen LogP contribution is -1.91. The molecule has 0 radical (unpaired) electrons. The van der Waals surface area contributed by atoms with Gasteiger partial charge in [-0.25, -0.2) is 4.79 Å². The second-order valence-corrected chi connectivity index (χ2v) is 0.727. The Morgan fingerprint density at radius 1 is 2.00 bits per heavy atom. The molecule has 2 nitrogen and oxygen atoms in total. The Kier molecular flexibility index (Phi) is 2.13. The van der Waals surface area contributed by atoms with E-state index in [1.54, 1.807) is 0 Å². The van der Waals surface area contributed by atoms with Gasteiger partial charge in [0.25, 0.3) is 0 Å². The number of ether oxygens (including phenoxy) is 1. The van der Waals surface area contributed by atoms with E-state index in [1.807, 2.05) is 0 Å². The van der Waals surface area contributed by atoms with Crippen molar-refractivity contribution >= 4 is 5.97 Å². The summed E-state index contributed by atoms with van der Waals surface area (Å²) >= 11 is 0. The van der Waals surface area contributed by atoms with Crippen LogP contribution in [0, 0.1) is 0 Å². The van der Waals surface area contributed by atoms with Gasteiger partial charge in [0.05, 0.1) is 7.11 Å². The molecule has 0 aliphatic heterocycles. The van der Waals surface area contributed by atoms with Crippen LogP contribution in [-0.2, 0) is 9.53 Å². The van der Waals surface area contributed by atoms with E-state index in [2.05, 4.69) is 11.3 Å². The monoisotopic (exact) mass is 87.0 g/mol. The van der Waals surface area contributed by atoms with Gasteiger partial charge >= 0.3 is 5.97 Å². The predicted molar refractivity (Wildman–Crippen MR) is 22.2 cm³/mol. The highest BCUT2D eigenvalue weighted by atomic mass is 16.6. The molecule has 0 fully saturated rings. The highest BCUT2D eigenvalue weighted by Crippen LogP contribution is 1.67. The van der Waals surface area contributed by atoms with Gasteiger partial charge in [0, 0.05) is 6.08 Å². The smallest absolute Gasteiger partial charge is 0.329 e. The Morgan fingerprint density at radius 3 is 2.50 bits per heavy atom. The molecule has 0 saturated heterocycles. The lowest BCUT2D eigenvalue weighted by molar-refractivity contribution is -0.134. The molecule has 0 saturated carbocycles. The molecule has 0 N–H and O–H groups in total. The molecular formula is C4H6O2. The van der Waals surface area contributed by atoms with Crippen molar-refractivity contribution in [2.75, 3.05) is 7.11 Å². The van der Waals surface area contributed by atoms with Crippen molar-refractivity contribution in [1.29, 1.82) is 0 Å². The lowest BCUT2D eigenvalue weighted by Gasteiger charge is -1.83. The number of hydrogen-bond acceptors (Lipinski definition) is 2. The predicted octanol–water partition coefficient (Wildman–Crippen LogP) is 0.345. The van der Waals surface area contributed by atoms with Crippen LogP contribution in [0.3, 0.4) is 0 Å². The Labute approximate surface area is 36.4 Å². The average Bonchev–Trinajstić information content (AvgIpc) is 1.65. The second kappa shape index (κ2) is 2.45. The third-order valence-corrected chi connectivity index (χ3v) is 0.368. The molecule has 0 rings (SSSR count). The maximum atomic E-state index is 9.84. The third kappa shape index (κ3) is 1.52. The van der Waals surface area contributed by atoms with Crippen LogP contribution >= 0.6 is 0 Å². The molecule has 0 aliphatic rings. The highest BCUT2D eigenvalue weighted by Gasteiger charge is 1.81. The van der Waals surface area contributed by atoms with Crippen LogP contribution in [0.1, 0.15) is 0 Å². The standard InChI is InChI=1S/C4H6O2/c1-3-4(5)6-2/h3H,1H2,2H3/i4+1. The van der Waals surface area contributed by atoms with Crippen LogP contribution in [0.2, 0.25) is 0 Å². The highest BCUT2D eigenvalue weighted by molar-refractivity contribution is 5.80. The van der Waals surface area contributed by atoms with Gasteiger partial charge < -0.3 is 4.74 Å². The zero-order valence-corrected chi connectivity index (χ0v) is 3.60. The lowest BCUT2D eigenvalue weighted by atomic mass is 11.0. The van der Waals surface area contributed by atoms with E-state index in [9.17, 15) is 4.79 Å². The molecule has 0 atom stereocenters. The maximum absolute atomic E-state index is 9.84. The van der Waals surface area contributed by atoms with Crippen molar-refractivity contribution in [3.05, 3.63) is 12.7 Å². The minimum atomic E-state index is -0.394. The fraction of sp³-hybridized carbons (Fsp3) is 0.250. The molecule has 0 aromatic carbocycles. The maximum Gasteiger partial charge on any atom is 0.329 e. The van der Waals surface area contributed by atoms with Gasteiger partial charge in [0.15, 0.2) is 0 Å². The topological polar surface area (TPSA) is 26.3 Å². The minimum absolute atomic E-state index is 0.394. The number of rotatable bonds is 1. The second-order valence-electron chi connectivity index (χ2n) is 0.727. The fourth-order valence-corrected chi connectivity index (χ4v) is 0.0833. The van der Waals surface area contributed by atoms with Crippen molar-refractivity contribution < 1.29 is 9.53 Å². The normalized spacial score (nSPS) is 6.83. The molecular weight excluding hydrogens is 81.0 g/mol. The van der Waals surface area contributed by atoms with E-state index in [0.717, 1.165) is 6.08 Å². The van der Waals surface area contributed by atoms with E-state index >= 15 is 0 Å². The van der Waals surface area contributed by atoms with Crippen LogP contribution in [0.5, 0.6) is 0 Å². The van der Waals surface area contributed by atoms with E-state index in [4.69, 9.17) is 0 Å². The summed E-state index contributed by atoms with van der Waals surface area (Å²) in [7, 11) is 1.31. The first-order valence-electron chi connectivity index (χ1n) is 1.51. The summed E-state index contributed by atoms with van der Waals surface area (Å²) in [4.78, 5) is 9.84. The van der Waals surface area contributed by atoms with Crippen LogP contribution in [-0.4, -0.2) is 13.1 Å². The van der Waals surface area contributed by atoms with Gasteiger partial charge in [-0.3, -0.25) is 0 Å². The molecule has 0 heterocycles. The summed E-state index contributed by atoms with van der Waals surface area (Å²) in [6.07, 6.45) is 1.11. The van der Waals surface area contributed by atoms with Crippen LogP contribution in [0.4, 0.5) is 0 Å². The number of methoxy groups -OCH3 is 1. The zero-order valence-electron chi connectivity index (χ0n) is 3.60. The molecule has 34 valence electrons. The Morgan fingerprint density at radius 2 is 2.50 bits per heavy atom. The fourth-order valence-electron chi connectivity index (χ4n) is 0.0833. The van der Waals surface area contributed by atoms with Crippen molar-refractivity contribution in [1.82, 2.24) is 0 Å². The van der Waals surface area contributed by atoms with Crippen molar-refractivity contribution in [3.8, 4) is 0 Å². The largest absolute Gasteiger partial charge is 0.466 e. The van der Waals surface area contributed by atoms with E-state index in [0.29, 0.717) is 0 Å². The summed E-state index contributed by atoms with van der Waals surface area (Å²) in [6, 6.07) is 0. The minimum Gasteiger partial charge on any atom is -0.466 e. The van der Waals surface area contributed by atoms with Crippen LogP contribution < -0.4 is 0 Å². The SMILES string of the molecule is C=C[13C](=O)OC. The van der Waals surface area contributed by atoms with Gasteiger partial charge in [0.1, 0.15) is 0 Å². The van der Waals surface area contributed by atoms with Gasteiger partial charge in [-0.1, -0.05) is 6.58 Å². The Bertz CT molecular complexity index is 65.9. The molecule has 0 unspecified atom stereocenters. The number of hydrogen-bond donors (Lipinski definition) is 0. The first-order chi connectivity index (χ1) is 2.81. The van der Waals surface area contributed by atoms with Gasteiger partial charge in [0.2, 0.25) is 0 Å². The van der Waals surface area contributed by atoms with E-state index in [1.165, 1.54) is 7.11 Å². The van der Waals surface area contributed by atoms with E-state index < -0.39 is 5.97 Å². The summed E-state index contributed by atoms with van der Waals surface area (Å²) in [5, 5.41) is 0. The molecule has 0 aromatic heterocycles. The van der Waals surface area contributed by atoms with Crippen molar-refractivity contribution in [2.24, 2.45) is 0 Å². The third-order valence-electron chi connectivity index (χ3n) is 0.368. The van der Waals surface area contributed by atoms with Crippen LogP contribution in [0.25, 0.3) is 0 Å². The Hall–Kier alpha value is -0.790. The summed E-state index contributed by atoms with van der Waals surface area (Å²) < 4.78 is 4.14. The number of carbonyl (C=O) groups is 1. The quantitative estimate of drug-likeness (QED) is 0.262. The van der Waals surface area contributed by atoms with Crippen molar-refractivity contribution in [3.63, 3.8) is 0 Å². The van der Waals surface area contributed by atoms with Gasteiger partial charge in [-0.2, -0.15) is 0 Å². The van der Waals surface area contributed by atoms with E-state index in [-0.39, 0.29) is 0 Å². The first-order valence-corrected chi connectivity index (χ1v) is 1.51. The number of esters is 1. The van der Waals surface area contributed by atoms with Gasteiger partial charge in [-0.15, -0.1) is 0 Å². The molecule has 0 spiro atoms.